The van der Waals surface area contributed by atoms with Crippen LogP contribution in [0.5, 0.6) is 0 Å². The van der Waals surface area contributed by atoms with Gasteiger partial charge < -0.3 is 5.32 Å². The number of sulfonamides is 1. The van der Waals surface area contributed by atoms with E-state index >= 15 is 0 Å². The van der Waals surface area contributed by atoms with E-state index in [4.69, 9.17) is 0 Å². The highest BCUT2D eigenvalue weighted by atomic mass is 32.2. The molecule has 1 N–H and O–H groups in total. The van der Waals surface area contributed by atoms with Gasteiger partial charge in [-0.25, -0.2) is 8.42 Å². The van der Waals surface area contributed by atoms with Crippen LogP contribution >= 0.6 is 0 Å². The summed E-state index contributed by atoms with van der Waals surface area (Å²) in [5, 5.41) is 2.28. The molecule has 0 aliphatic rings. The van der Waals surface area contributed by atoms with Gasteiger partial charge in [0.1, 0.15) is 0 Å². The molecule has 9 heteroatoms. The summed E-state index contributed by atoms with van der Waals surface area (Å²) in [6, 6.07) is 19.3. The first-order chi connectivity index (χ1) is 14.6. The fraction of sp³-hybridized carbons (Fsp3) is 0.136. The number of halogens is 3. The van der Waals surface area contributed by atoms with Gasteiger partial charge in [-0.3, -0.25) is 9.10 Å². The van der Waals surface area contributed by atoms with E-state index in [1.54, 1.807) is 42.5 Å². The van der Waals surface area contributed by atoms with Crippen LogP contribution in [0.15, 0.2) is 78.9 Å². The van der Waals surface area contributed by atoms with Gasteiger partial charge in [-0.1, -0.05) is 42.5 Å². The second-order valence-corrected chi connectivity index (χ2v) is 8.71. The molecule has 0 aliphatic carbocycles. The zero-order valence-corrected chi connectivity index (χ0v) is 17.2. The minimum absolute atomic E-state index is 0.0433. The van der Waals surface area contributed by atoms with E-state index < -0.39 is 27.7 Å². The highest BCUT2D eigenvalue weighted by Gasteiger charge is 2.33. The number of hydrogen-bond donors (Lipinski definition) is 1. The molecule has 31 heavy (non-hydrogen) atoms. The zero-order chi connectivity index (χ0) is 22.6. The largest absolute Gasteiger partial charge is 0.418 e. The molecule has 162 valence electrons. The normalized spacial score (nSPS) is 11.7. The number of carbonyl (C=O) groups is 1. The van der Waals surface area contributed by atoms with Crippen molar-refractivity contribution in [3.05, 3.63) is 95.6 Å². The standard InChI is InChI=1S/C22H19F3N2O3S/c1-31(29,30)27(18-7-3-2-4-8-18)15-16-11-13-17(14-12-16)21(28)26-20-10-6-5-9-19(20)22(23,24)25/h2-14H,15H2,1H3,(H,26,28). The molecule has 0 atom stereocenters. The monoisotopic (exact) mass is 448 g/mol. The van der Waals surface area contributed by atoms with Crippen LogP contribution in [0.2, 0.25) is 0 Å². The first-order valence-electron chi connectivity index (χ1n) is 9.15. The number of hydrogen-bond acceptors (Lipinski definition) is 3. The predicted octanol–water partition coefficient (Wildman–Crippen LogP) is 4.92. The number of nitrogens with one attached hydrogen (secondary N) is 1. The maximum atomic E-state index is 13.1. The highest BCUT2D eigenvalue weighted by molar-refractivity contribution is 7.92. The molecule has 0 saturated heterocycles. The van der Waals surface area contributed by atoms with Gasteiger partial charge in [0.15, 0.2) is 0 Å². The molecule has 1 amide bonds. The third kappa shape index (κ3) is 5.64. The van der Waals surface area contributed by atoms with Crippen molar-refractivity contribution >= 4 is 27.3 Å². The van der Waals surface area contributed by atoms with E-state index in [2.05, 4.69) is 5.32 Å². The Morgan fingerprint density at radius 2 is 1.48 bits per heavy atom. The van der Waals surface area contributed by atoms with Crippen LogP contribution in [0.1, 0.15) is 21.5 Å². The Balaban J connectivity index is 1.78. The first-order valence-corrected chi connectivity index (χ1v) is 11.0. The Bertz CT molecular complexity index is 1160. The number of amides is 1. The summed E-state index contributed by atoms with van der Waals surface area (Å²) >= 11 is 0. The average Bonchev–Trinajstić information content (AvgIpc) is 2.72. The van der Waals surface area contributed by atoms with Crippen molar-refractivity contribution in [2.24, 2.45) is 0 Å². The molecule has 0 aromatic heterocycles. The second kappa shape index (κ2) is 8.81. The van der Waals surface area contributed by atoms with Crippen molar-refractivity contribution < 1.29 is 26.4 Å². The van der Waals surface area contributed by atoms with E-state index in [-0.39, 0.29) is 17.8 Å². The van der Waals surface area contributed by atoms with Gasteiger partial charge >= 0.3 is 6.18 Å². The molecule has 0 saturated carbocycles. The van der Waals surface area contributed by atoms with Crippen LogP contribution in [-0.2, 0) is 22.7 Å². The van der Waals surface area contributed by atoms with E-state index in [9.17, 15) is 26.4 Å². The van der Waals surface area contributed by atoms with E-state index in [0.717, 1.165) is 12.3 Å². The van der Waals surface area contributed by atoms with Crippen LogP contribution in [0.25, 0.3) is 0 Å². The van der Waals surface area contributed by atoms with Crippen molar-refractivity contribution in [2.75, 3.05) is 15.9 Å². The first kappa shape index (κ1) is 22.4. The lowest BCUT2D eigenvalue weighted by molar-refractivity contribution is -0.136. The molecule has 0 bridgehead atoms. The average molecular weight is 448 g/mol. The van der Waals surface area contributed by atoms with Gasteiger partial charge in [0.25, 0.3) is 5.91 Å². The maximum absolute atomic E-state index is 13.1. The Morgan fingerprint density at radius 1 is 0.903 bits per heavy atom. The zero-order valence-electron chi connectivity index (χ0n) is 16.4. The van der Waals surface area contributed by atoms with Gasteiger partial charge in [-0.05, 0) is 42.0 Å². The smallest absolute Gasteiger partial charge is 0.321 e. The van der Waals surface area contributed by atoms with Crippen molar-refractivity contribution in [1.82, 2.24) is 0 Å². The lowest BCUT2D eigenvalue weighted by Crippen LogP contribution is -2.29. The highest BCUT2D eigenvalue weighted by Crippen LogP contribution is 2.34. The third-order valence-corrected chi connectivity index (χ3v) is 5.61. The van der Waals surface area contributed by atoms with E-state index in [1.165, 1.54) is 34.6 Å². The fourth-order valence-electron chi connectivity index (χ4n) is 2.96. The number of anilines is 2. The summed E-state index contributed by atoms with van der Waals surface area (Å²) in [5.41, 5.74) is -0.0218. The number of nitrogens with zero attached hydrogens (tertiary/aromatic N) is 1. The van der Waals surface area contributed by atoms with Gasteiger partial charge in [-0.15, -0.1) is 0 Å². The molecule has 0 unspecified atom stereocenters. The molecule has 5 nitrogen and oxygen atoms in total. The molecule has 0 radical (unpaired) electrons. The molecule has 3 aromatic carbocycles. The Morgan fingerprint density at radius 3 is 2.06 bits per heavy atom. The van der Waals surface area contributed by atoms with Crippen molar-refractivity contribution in [1.29, 1.82) is 0 Å². The molecule has 3 rings (SSSR count). The fourth-order valence-corrected chi connectivity index (χ4v) is 3.84. The quantitative estimate of drug-likeness (QED) is 0.582. The summed E-state index contributed by atoms with van der Waals surface area (Å²) < 4.78 is 64.9. The topological polar surface area (TPSA) is 66.5 Å². The van der Waals surface area contributed by atoms with Crippen LogP contribution in [-0.4, -0.2) is 20.6 Å². The van der Waals surface area contributed by atoms with Crippen molar-refractivity contribution in [3.8, 4) is 0 Å². The summed E-state index contributed by atoms with van der Waals surface area (Å²) in [7, 11) is -3.55. The molecule has 0 fully saturated rings. The Labute approximate surface area is 178 Å². The Kier molecular flexibility index (Phi) is 6.35. The predicted molar refractivity (Wildman–Crippen MR) is 113 cm³/mol. The van der Waals surface area contributed by atoms with Gasteiger partial charge in [0.2, 0.25) is 10.0 Å². The lowest BCUT2D eigenvalue weighted by Gasteiger charge is -2.22. The maximum Gasteiger partial charge on any atom is 0.418 e. The minimum atomic E-state index is -4.60. The number of para-hydroxylation sites is 2. The minimum Gasteiger partial charge on any atom is -0.321 e. The number of alkyl halides is 3. The molecule has 0 spiro atoms. The molecular weight excluding hydrogens is 429 g/mol. The molecule has 0 aliphatic heterocycles. The van der Waals surface area contributed by atoms with Crippen LogP contribution in [0, 0.1) is 0 Å². The van der Waals surface area contributed by atoms with Crippen LogP contribution in [0.3, 0.4) is 0 Å². The molecular formula is C22H19F3N2O3S. The van der Waals surface area contributed by atoms with Gasteiger partial charge in [0, 0.05) is 5.56 Å². The summed E-state index contributed by atoms with van der Waals surface area (Å²) in [5.74, 6) is -0.703. The van der Waals surface area contributed by atoms with Crippen LogP contribution in [0.4, 0.5) is 24.5 Å². The third-order valence-electron chi connectivity index (χ3n) is 4.47. The number of rotatable bonds is 6. The lowest BCUT2D eigenvalue weighted by atomic mass is 10.1. The summed E-state index contributed by atoms with van der Waals surface area (Å²) in [6.07, 6.45) is -3.50. The molecule has 3 aromatic rings. The summed E-state index contributed by atoms with van der Waals surface area (Å²) in [6.45, 7) is 0.0433. The van der Waals surface area contributed by atoms with Crippen molar-refractivity contribution in [2.45, 2.75) is 12.7 Å². The molecule has 0 heterocycles. The SMILES string of the molecule is CS(=O)(=O)N(Cc1ccc(C(=O)Nc2ccccc2C(F)(F)F)cc1)c1ccccc1. The van der Waals surface area contributed by atoms with E-state index in [0.29, 0.717) is 11.3 Å². The number of carbonyl (C=O) groups excluding carboxylic acids is 1. The summed E-state index contributed by atoms with van der Waals surface area (Å²) in [4.78, 5) is 12.4. The van der Waals surface area contributed by atoms with E-state index in [1.807, 2.05) is 0 Å². The second-order valence-electron chi connectivity index (χ2n) is 6.80. The van der Waals surface area contributed by atoms with Crippen LogP contribution < -0.4 is 9.62 Å². The van der Waals surface area contributed by atoms with Gasteiger partial charge in [-0.2, -0.15) is 13.2 Å². The Hall–Kier alpha value is -3.33. The number of benzene rings is 3. The van der Waals surface area contributed by atoms with Crippen molar-refractivity contribution in [3.63, 3.8) is 0 Å². The van der Waals surface area contributed by atoms with Gasteiger partial charge in [0.05, 0.1) is 29.7 Å².